The topological polar surface area (TPSA) is 350 Å². The Hall–Kier alpha value is -3.95. The summed E-state index contributed by atoms with van der Waals surface area (Å²) in [6, 6.07) is 0. The molecule has 372 valence electrons. The van der Waals surface area contributed by atoms with Crippen molar-refractivity contribution in [1.82, 2.24) is 0 Å². The van der Waals surface area contributed by atoms with Gasteiger partial charge in [-0.1, -0.05) is 19.9 Å². The van der Waals surface area contributed by atoms with Crippen molar-refractivity contribution in [3.63, 3.8) is 0 Å². The highest BCUT2D eigenvalue weighted by Crippen LogP contribution is 2.46. The molecule has 23 nitrogen and oxygen atoms in total. The van der Waals surface area contributed by atoms with Crippen LogP contribution in [0.15, 0.2) is 36.3 Å². The second-order valence-electron chi connectivity index (χ2n) is 17.0. The number of methoxy groups -OCH3 is 1. The normalized spacial score (nSPS) is 40.6. The molecule has 3 fully saturated rings. The van der Waals surface area contributed by atoms with Gasteiger partial charge in [0.1, 0.15) is 67.5 Å². The van der Waals surface area contributed by atoms with E-state index < -0.39 is 172 Å². The number of aldehydes is 2. The van der Waals surface area contributed by atoms with Crippen LogP contribution < -0.4 is 0 Å². The zero-order valence-corrected chi connectivity index (χ0v) is 36.6. The van der Waals surface area contributed by atoms with Crippen LogP contribution in [-0.2, 0) is 66.6 Å². The van der Waals surface area contributed by atoms with Gasteiger partial charge in [-0.15, -0.1) is 6.58 Å². The van der Waals surface area contributed by atoms with Gasteiger partial charge in [0.15, 0.2) is 12.6 Å². The number of rotatable bonds is 20. The Labute approximate surface area is 379 Å². The monoisotopic (exact) mass is 946 g/mol. The van der Waals surface area contributed by atoms with Crippen LogP contribution in [0.4, 0.5) is 0 Å². The summed E-state index contributed by atoms with van der Waals surface area (Å²) in [6.07, 6.45) is -15.4. The number of carbonyl (C=O) groups excluding carboxylic acids is 5. The van der Waals surface area contributed by atoms with Crippen LogP contribution in [-0.4, -0.2) is 190 Å². The summed E-state index contributed by atoms with van der Waals surface area (Å²) in [5, 5.41) is 91.5. The summed E-state index contributed by atoms with van der Waals surface area (Å²) < 4.78 is 50.8. The molecule has 2 saturated heterocycles. The first-order valence-corrected chi connectivity index (χ1v) is 21.7. The van der Waals surface area contributed by atoms with Gasteiger partial charge in [0.25, 0.3) is 0 Å². The van der Waals surface area contributed by atoms with E-state index in [-0.39, 0.29) is 36.8 Å². The third kappa shape index (κ3) is 11.1. The van der Waals surface area contributed by atoms with Gasteiger partial charge in [0.2, 0.25) is 12.6 Å². The molecule has 1 aliphatic carbocycles. The Balaban J connectivity index is 1.32. The molecular formula is C43H62O23. The number of hydrogen-bond donors (Lipinski definition) is 9. The SMILES string of the molecule is C=CC1C(OC2OC(CO)C(O)C(O)C2O)OC=C(C(=O)OCC2C(C)C(OC(=O)C3=COC(OC4OC(CO)C(O)C(O)C4O)C(CC)C3CC=O)CC2C(CO)C(=O)OC)C1CC=O. The molecule has 0 aromatic rings. The average molecular weight is 947 g/mol. The van der Waals surface area contributed by atoms with Gasteiger partial charge in [0.05, 0.1) is 63.1 Å². The first-order valence-electron chi connectivity index (χ1n) is 21.7. The predicted molar refractivity (Wildman–Crippen MR) is 216 cm³/mol. The fourth-order valence-electron chi connectivity index (χ4n) is 9.50. The molecular weight excluding hydrogens is 884 g/mol. The van der Waals surface area contributed by atoms with E-state index in [1.807, 2.05) is 0 Å². The van der Waals surface area contributed by atoms with E-state index in [9.17, 15) is 69.9 Å². The van der Waals surface area contributed by atoms with Gasteiger partial charge in [-0.2, -0.15) is 0 Å². The van der Waals surface area contributed by atoms with Crippen molar-refractivity contribution in [2.45, 2.75) is 120 Å². The number of aliphatic hydroxyl groups is 9. The molecule has 9 N–H and O–H groups in total. The molecule has 5 rings (SSSR count). The Morgan fingerprint density at radius 2 is 1.29 bits per heavy atom. The largest absolute Gasteiger partial charge is 0.472 e. The molecule has 4 aliphatic heterocycles. The molecule has 21 atom stereocenters. The van der Waals surface area contributed by atoms with E-state index in [4.69, 9.17) is 42.6 Å². The summed E-state index contributed by atoms with van der Waals surface area (Å²) in [4.78, 5) is 64.7. The van der Waals surface area contributed by atoms with Crippen molar-refractivity contribution in [3.05, 3.63) is 36.3 Å². The third-order valence-electron chi connectivity index (χ3n) is 13.5. The highest BCUT2D eigenvalue weighted by Gasteiger charge is 2.52. The van der Waals surface area contributed by atoms with Crippen LogP contribution in [0.5, 0.6) is 0 Å². The van der Waals surface area contributed by atoms with Crippen molar-refractivity contribution in [2.75, 3.05) is 33.5 Å². The summed E-state index contributed by atoms with van der Waals surface area (Å²) in [6.45, 7) is 4.68. The molecule has 0 aromatic heterocycles. The lowest BCUT2D eigenvalue weighted by molar-refractivity contribution is -0.341. The molecule has 5 aliphatic rings. The summed E-state index contributed by atoms with van der Waals surface area (Å²) in [5.74, 6) is -9.48. The third-order valence-corrected chi connectivity index (χ3v) is 13.5. The maximum Gasteiger partial charge on any atom is 0.337 e. The van der Waals surface area contributed by atoms with Crippen LogP contribution in [0.2, 0.25) is 0 Å². The standard InChI is InChI=1S/C43H62O23/c1-5-19-21(7-9-44)26(16-60-40(19)65-42-35(53)33(51)31(49)29(13-47)63-42)38(56)59-15-25-18(3)28(11-23(25)24(12-46)37(55)58-4)62-39(57)27-17-61-41(20(6-2)22(27)8-10-45)66-43-36(54)34(52)32(50)30(14-48)64-43/h5,9-10,16-25,28-36,40-43,46-54H,1,6-8,11-15H2,2-4H3. The Bertz CT molecular complexity index is 1740. The van der Waals surface area contributed by atoms with Crippen LogP contribution >= 0.6 is 0 Å². The van der Waals surface area contributed by atoms with E-state index in [0.717, 1.165) is 19.6 Å². The minimum atomic E-state index is -1.78. The van der Waals surface area contributed by atoms with E-state index in [0.29, 0.717) is 12.6 Å². The molecule has 4 heterocycles. The lowest BCUT2D eigenvalue weighted by atomic mass is 9.80. The van der Waals surface area contributed by atoms with Crippen molar-refractivity contribution >= 4 is 30.5 Å². The van der Waals surface area contributed by atoms with Crippen molar-refractivity contribution < 1.29 is 113 Å². The zero-order chi connectivity index (χ0) is 48.6. The lowest BCUT2D eigenvalue weighted by Gasteiger charge is -2.43. The van der Waals surface area contributed by atoms with Crippen LogP contribution in [0.3, 0.4) is 0 Å². The number of esters is 3. The quantitative estimate of drug-likeness (QED) is 0.0252. The van der Waals surface area contributed by atoms with Crippen molar-refractivity contribution in [3.8, 4) is 0 Å². The molecule has 23 heteroatoms. The number of aliphatic hydroxyl groups excluding tert-OH is 9. The van der Waals surface area contributed by atoms with E-state index in [2.05, 4.69) is 6.58 Å². The maximum atomic E-state index is 14.0. The number of carbonyl (C=O) groups is 5. The molecule has 0 spiro atoms. The van der Waals surface area contributed by atoms with Gasteiger partial charge in [0, 0.05) is 42.4 Å². The molecule has 0 amide bonds. The fraction of sp³-hybridized carbons (Fsp3) is 0.744. The molecule has 0 radical (unpaired) electrons. The Kier molecular flexibility index (Phi) is 19.2. The summed E-state index contributed by atoms with van der Waals surface area (Å²) in [7, 11) is 1.13. The fourth-order valence-corrected chi connectivity index (χ4v) is 9.50. The Morgan fingerprint density at radius 1 is 0.758 bits per heavy atom. The number of ether oxygens (including phenoxy) is 9. The lowest BCUT2D eigenvalue weighted by Crippen LogP contribution is -2.60. The highest BCUT2D eigenvalue weighted by molar-refractivity contribution is 5.90. The van der Waals surface area contributed by atoms with Crippen LogP contribution in [0, 0.1) is 47.3 Å². The van der Waals surface area contributed by atoms with E-state index in [1.54, 1.807) is 13.8 Å². The van der Waals surface area contributed by atoms with Gasteiger partial charge in [-0.05, 0) is 24.7 Å². The van der Waals surface area contributed by atoms with Gasteiger partial charge >= 0.3 is 17.9 Å². The summed E-state index contributed by atoms with van der Waals surface area (Å²) in [5.41, 5.74) is -0.175. The second-order valence-corrected chi connectivity index (χ2v) is 17.0. The maximum absolute atomic E-state index is 14.0. The zero-order valence-electron chi connectivity index (χ0n) is 36.6. The summed E-state index contributed by atoms with van der Waals surface area (Å²) >= 11 is 0. The van der Waals surface area contributed by atoms with Crippen LogP contribution in [0.25, 0.3) is 0 Å². The predicted octanol–water partition coefficient (Wildman–Crippen LogP) is -3.15. The minimum absolute atomic E-state index is 0.0168. The van der Waals surface area contributed by atoms with Crippen molar-refractivity contribution in [1.29, 1.82) is 0 Å². The second kappa shape index (κ2) is 23.9. The highest BCUT2D eigenvalue weighted by atomic mass is 16.8. The van der Waals surface area contributed by atoms with Gasteiger partial charge in [-0.3, -0.25) is 4.79 Å². The first-order chi connectivity index (χ1) is 31.5. The number of hydrogen-bond acceptors (Lipinski definition) is 23. The molecule has 0 aromatic carbocycles. The average Bonchev–Trinajstić information content (AvgIpc) is 3.61. The van der Waals surface area contributed by atoms with Crippen LogP contribution in [0.1, 0.15) is 39.5 Å². The molecule has 66 heavy (non-hydrogen) atoms. The molecule has 0 bridgehead atoms. The van der Waals surface area contributed by atoms with E-state index >= 15 is 0 Å². The van der Waals surface area contributed by atoms with Gasteiger partial charge < -0.3 is 98.2 Å². The van der Waals surface area contributed by atoms with Crippen molar-refractivity contribution in [2.24, 2.45) is 47.3 Å². The Morgan fingerprint density at radius 3 is 1.79 bits per heavy atom. The smallest absolute Gasteiger partial charge is 0.337 e. The first kappa shape index (κ1) is 53.0. The molecule has 21 unspecified atom stereocenters. The van der Waals surface area contributed by atoms with Gasteiger partial charge in [-0.25, -0.2) is 9.59 Å². The minimum Gasteiger partial charge on any atom is -0.472 e. The van der Waals surface area contributed by atoms with E-state index in [1.165, 1.54) is 6.08 Å². The molecule has 1 saturated carbocycles.